The third kappa shape index (κ3) is 2.25. The molecule has 1 atom stereocenters. The fraction of sp³-hybridized carbons (Fsp3) is 0.375. The monoisotopic (exact) mass is 223 g/mol. The maximum atomic E-state index is 5.90. The van der Waals surface area contributed by atoms with Crippen molar-refractivity contribution >= 4 is 34.8 Å². The summed E-state index contributed by atoms with van der Waals surface area (Å²) in [5.74, 6) is 0.340. The molecule has 4 heteroatoms. The number of nitrogens with zero attached hydrogens (tertiary/aromatic N) is 1. The van der Waals surface area contributed by atoms with Gasteiger partial charge in [-0.25, -0.2) is 4.98 Å². The number of alkyl halides is 2. The van der Waals surface area contributed by atoms with Gasteiger partial charge in [-0.3, -0.25) is 0 Å². The van der Waals surface area contributed by atoms with Gasteiger partial charge in [0, 0.05) is 0 Å². The molecule has 0 saturated heterocycles. The normalized spacial score (nSPS) is 13.0. The van der Waals surface area contributed by atoms with Gasteiger partial charge in [0.15, 0.2) is 0 Å². The van der Waals surface area contributed by atoms with Crippen LogP contribution >= 0.6 is 34.8 Å². The zero-order valence-corrected chi connectivity index (χ0v) is 8.79. The third-order valence-corrected chi connectivity index (χ3v) is 2.23. The lowest BCUT2D eigenvalue weighted by molar-refractivity contribution is 1.00. The minimum Gasteiger partial charge on any atom is -0.240 e. The van der Waals surface area contributed by atoms with Crippen molar-refractivity contribution in [2.75, 3.05) is 0 Å². The second-order valence-electron chi connectivity index (χ2n) is 2.42. The molecule has 1 aromatic rings. The minimum atomic E-state index is -0.0801. The first kappa shape index (κ1) is 10.1. The largest absolute Gasteiger partial charge is 0.240 e. The Morgan fingerprint density at radius 2 is 2.17 bits per heavy atom. The maximum absolute atomic E-state index is 5.90. The lowest BCUT2D eigenvalue weighted by atomic mass is 10.1. The number of pyridine rings is 1. The lowest BCUT2D eigenvalue weighted by Gasteiger charge is -2.07. The first-order valence-corrected chi connectivity index (χ1v) is 4.85. The van der Waals surface area contributed by atoms with E-state index in [1.165, 1.54) is 0 Å². The van der Waals surface area contributed by atoms with Crippen LogP contribution in [0.3, 0.4) is 0 Å². The Hall–Kier alpha value is 0.0200. The van der Waals surface area contributed by atoms with Crippen molar-refractivity contribution in [3.05, 3.63) is 28.5 Å². The summed E-state index contributed by atoms with van der Waals surface area (Å²) in [6.45, 7) is 1.88. The van der Waals surface area contributed by atoms with Gasteiger partial charge in [-0.15, -0.1) is 23.2 Å². The summed E-state index contributed by atoms with van der Waals surface area (Å²) in [7, 11) is 0. The quantitative estimate of drug-likeness (QED) is 0.550. The molecule has 0 amide bonds. The second kappa shape index (κ2) is 4.31. The highest BCUT2D eigenvalue weighted by Gasteiger charge is 2.08. The molecule has 0 fully saturated rings. The van der Waals surface area contributed by atoms with Crippen molar-refractivity contribution in [2.24, 2.45) is 0 Å². The maximum Gasteiger partial charge on any atom is 0.129 e. The van der Waals surface area contributed by atoms with Gasteiger partial charge >= 0.3 is 0 Å². The molecule has 1 aromatic heterocycles. The van der Waals surface area contributed by atoms with Crippen molar-refractivity contribution < 1.29 is 0 Å². The van der Waals surface area contributed by atoms with Crippen molar-refractivity contribution in [2.45, 2.75) is 18.2 Å². The molecule has 0 saturated carbocycles. The number of rotatable bonds is 2. The number of hydrogen-bond donors (Lipinski definition) is 0. The van der Waals surface area contributed by atoms with Crippen LogP contribution in [0, 0.1) is 0 Å². The van der Waals surface area contributed by atoms with E-state index in [1.807, 2.05) is 13.0 Å². The van der Waals surface area contributed by atoms with Gasteiger partial charge in [-0.1, -0.05) is 17.7 Å². The van der Waals surface area contributed by atoms with Crippen LogP contribution < -0.4 is 0 Å². The summed E-state index contributed by atoms with van der Waals surface area (Å²) >= 11 is 17.3. The first-order chi connectivity index (χ1) is 5.65. The van der Waals surface area contributed by atoms with Crippen LogP contribution in [0.2, 0.25) is 5.15 Å². The molecule has 1 rings (SSSR count). The topological polar surface area (TPSA) is 12.9 Å². The zero-order chi connectivity index (χ0) is 9.14. The standard InChI is InChI=1S/C8H8Cl3N/c1-5(10)6-2-3-8(11)12-7(6)4-9/h2-3,5H,4H2,1H3. The van der Waals surface area contributed by atoms with Gasteiger partial charge in [-0.05, 0) is 18.6 Å². The van der Waals surface area contributed by atoms with E-state index < -0.39 is 0 Å². The molecule has 0 aromatic carbocycles. The molecule has 0 aliphatic heterocycles. The smallest absolute Gasteiger partial charge is 0.129 e. The van der Waals surface area contributed by atoms with Crippen molar-refractivity contribution in [1.29, 1.82) is 0 Å². The Morgan fingerprint density at radius 1 is 1.50 bits per heavy atom. The molecule has 0 spiro atoms. The predicted octanol–water partition coefficient (Wildman–Crippen LogP) is 3.77. The summed E-state index contributed by atoms with van der Waals surface area (Å²) in [6.07, 6.45) is 0. The molecule has 1 nitrogen and oxygen atoms in total. The Kier molecular flexibility index (Phi) is 3.63. The minimum absolute atomic E-state index is 0.0801. The fourth-order valence-electron chi connectivity index (χ4n) is 0.955. The van der Waals surface area contributed by atoms with Crippen LogP contribution in [0.1, 0.15) is 23.6 Å². The number of halogens is 3. The van der Waals surface area contributed by atoms with E-state index in [0.717, 1.165) is 11.3 Å². The van der Waals surface area contributed by atoms with E-state index in [-0.39, 0.29) is 5.38 Å². The highest BCUT2D eigenvalue weighted by Crippen LogP contribution is 2.24. The van der Waals surface area contributed by atoms with E-state index >= 15 is 0 Å². The third-order valence-electron chi connectivity index (χ3n) is 1.53. The summed E-state index contributed by atoms with van der Waals surface area (Å²) in [6, 6.07) is 3.57. The average molecular weight is 225 g/mol. The predicted molar refractivity (Wildman–Crippen MR) is 53.1 cm³/mol. The first-order valence-electron chi connectivity index (χ1n) is 3.50. The van der Waals surface area contributed by atoms with Crippen LogP contribution in [0.25, 0.3) is 0 Å². The van der Waals surface area contributed by atoms with E-state index in [2.05, 4.69) is 4.98 Å². The molecule has 12 heavy (non-hydrogen) atoms. The Labute approximate surface area is 86.7 Å². The van der Waals surface area contributed by atoms with Gasteiger partial charge in [-0.2, -0.15) is 0 Å². The van der Waals surface area contributed by atoms with Gasteiger partial charge in [0.25, 0.3) is 0 Å². The van der Waals surface area contributed by atoms with Crippen LogP contribution in [-0.2, 0) is 5.88 Å². The number of aromatic nitrogens is 1. The van der Waals surface area contributed by atoms with Gasteiger partial charge in [0.2, 0.25) is 0 Å². The van der Waals surface area contributed by atoms with Gasteiger partial charge < -0.3 is 0 Å². The highest BCUT2D eigenvalue weighted by molar-refractivity contribution is 6.29. The highest BCUT2D eigenvalue weighted by atomic mass is 35.5. The fourth-order valence-corrected chi connectivity index (χ4v) is 1.53. The van der Waals surface area contributed by atoms with Crippen molar-refractivity contribution in [3.63, 3.8) is 0 Å². The van der Waals surface area contributed by atoms with Crippen molar-refractivity contribution in [3.8, 4) is 0 Å². The van der Waals surface area contributed by atoms with E-state index in [1.54, 1.807) is 6.07 Å². The molecule has 0 N–H and O–H groups in total. The molecule has 1 unspecified atom stereocenters. The van der Waals surface area contributed by atoms with Crippen LogP contribution in [0.4, 0.5) is 0 Å². The van der Waals surface area contributed by atoms with Gasteiger partial charge in [0.1, 0.15) is 5.15 Å². The molecule has 0 radical (unpaired) electrons. The Bertz CT molecular complexity index is 273. The molecular weight excluding hydrogens is 216 g/mol. The SMILES string of the molecule is CC(Cl)c1ccc(Cl)nc1CCl. The average Bonchev–Trinajstić information content (AvgIpc) is 2.03. The molecule has 66 valence electrons. The second-order valence-corrected chi connectivity index (χ2v) is 3.73. The van der Waals surface area contributed by atoms with Crippen LogP contribution in [0.5, 0.6) is 0 Å². The summed E-state index contributed by atoms with van der Waals surface area (Å²) in [5.41, 5.74) is 1.70. The van der Waals surface area contributed by atoms with Gasteiger partial charge in [0.05, 0.1) is 17.0 Å². The summed E-state index contributed by atoms with van der Waals surface area (Å²) < 4.78 is 0. The van der Waals surface area contributed by atoms with E-state index in [4.69, 9.17) is 34.8 Å². The van der Waals surface area contributed by atoms with Crippen LogP contribution in [0.15, 0.2) is 12.1 Å². The van der Waals surface area contributed by atoms with Crippen molar-refractivity contribution in [1.82, 2.24) is 4.98 Å². The molecule has 1 heterocycles. The summed E-state index contributed by atoms with van der Waals surface area (Å²) in [4.78, 5) is 4.06. The number of hydrogen-bond acceptors (Lipinski definition) is 1. The molecule has 0 aliphatic rings. The van der Waals surface area contributed by atoms with E-state index in [9.17, 15) is 0 Å². The summed E-state index contributed by atoms with van der Waals surface area (Å²) in [5, 5.41) is 0.371. The van der Waals surface area contributed by atoms with E-state index in [0.29, 0.717) is 11.0 Å². The molecular formula is C8H8Cl3N. The zero-order valence-electron chi connectivity index (χ0n) is 6.52. The van der Waals surface area contributed by atoms with Crippen LogP contribution in [-0.4, -0.2) is 4.98 Å². The molecule has 0 aliphatic carbocycles. The Morgan fingerprint density at radius 3 is 2.67 bits per heavy atom. The molecule has 0 bridgehead atoms. The lowest BCUT2D eigenvalue weighted by Crippen LogP contribution is -1.95. The Balaban J connectivity index is 3.11.